The summed E-state index contributed by atoms with van der Waals surface area (Å²) in [5.74, 6) is 0. The highest BCUT2D eigenvalue weighted by Gasteiger charge is 2.36. The molecule has 1 aromatic carbocycles. The highest BCUT2D eigenvalue weighted by molar-refractivity contribution is 5.87. The lowest BCUT2D eigenvalue weighted by Gasteiger charge is -2.06. The summed E-state index contributed by atoms with van der Waals surface area (Å²) in [4.78, 5) is 2.50. The maximum atomic E-state index is 13.0. The number of alkyl halides is 3. The number of H-pyrrole nitrogens is 1. The fourth-order valence-corrected chi connectivity index (χ4v) is 2.31. The number of hydrogen-bond donors (Lipinski definition) is 1. The first-order valence-corrected chi connectivity index (χ1v) is 6.05. The monoisotopic (exact) mass is 266 g/mol. The molecule has 0 fully saturated rings. The van der Waals surface area contributed by atoms with Gasteiger partial charge in [0.1, 0.15) is 5.69 Å². The number of aromatic amines is 1. The van der Waals surface area contributed by atoms with E-state index in [4.69, 9.17) is 5.26 Å². The standard InChI is InChI=1S/C14H13F3N2/c1-2-9-5-3-6-10-11(7-4-8-18)13(14(15,16)17)19-12(9)10/h3,5-6,19H,2,4,7H2,1H3. The van der Waals surface area contributed by atoms with Crippen molar-refractivity contribution in [2.45, 2.75) is 32.4 Å². The number of nitrogens with one attached hydrogen (secondary N) is 1. The second kappa shape index (κ2) is 4.96. The summed E-state index contributed by atoms with van der Waals surface area (Å²) < 4.78 is 39.1. The van der Waals surface area contributed by atoms with E-state index in [1.807, 2.05) is 19.1 Å². The van der Waals surface area contributed by atoms with Crippen LogP contribution < -0.4 is 0 Å². The Labute approximate surface area is 108 Å². The van der Waals surface area contributed by atoms with Crippen LogP contribution in [0, 0.1) is 11.3 Å². The van der Waals surface area contributed by atoms with E-state index in [-0.39, 0.29) is 18.4 Å². The van der Waals surface area contributed by atoms with Crippen molar-refractivity contribution in [3.63, 3.8) is 0 Å². The Morgan fingerprint density at radius 2 is 2.05 bits per heavy atom. The average molecular weight is 266 g/mol. The molecule has 2 rings (SSSR count). The van der Waals surface area contributed by atoms with Crippen molar-refractivity contribution in [3.8, 4) is 6.07 Å². The zero-order valence-electron chi connectivity index (χ0n) is 10.4. The third-order valence-electron chi connectivity index (χ3n) is 3.18. The van der Waals surface area contributed by atoms with Crippen LogP contribution in [0.1, 0.15) is 30.2 Å². The van der Waals surface area contributed by atoms with Crippen molar-refractivity contribution < 1.29 is 13.2 Å². The maximum Gasteiger partial charge on any atom is 0.431 e. The summed E-state index contributed by atoms with van der Waals surface area (Å²) in [6, 6.07) is 7.14. The molecule has 0 amide bonds. The van der Waals surface area contributed by atoms with Crippen LogP contribution in [0.3, 0.4) is 0 Å². The van der Waals surface area contributed by atoms with Gasteiger partial charge in [0.05, 0.1) is 6.07 Å². The minimum Gasteiger partial charge on any atom is -0.351 e. The first-order chi connectivity index (χ1) is 8.99. The van der Waals surface area contributed by atoms with Crippen molar-refractivity contribution in [1.29, 1.82) is 5.26 Å². The summed E-state index contributed by atoms with van der Waals surface area (Å²) >= 11 is 0. The molecule has 0 radical (unpaired) electrons. The SMILES string of the molecule is CCc1cccc2c(CCC#N)c(C(F)(F)F)[nH]c12. The van der Waals surface area contributed by atoms with E-state index in [0.29, 0.717) is 17.3 Å². The fourth-order valence-electron chi connectivity index (χ4n) is 2.31. The van der Waals surface area contributed by atoms with E-state index >= 15 is 0 Å². The summed E-state index contributed by atoms with van der Waals surface area (Å²) in [5.41, 5.74) is 0.856. The molecule has 2 nitrogen and oxygen atoms in total. The molecule has 0 atom stereocenters. The summed E-state index contributed by atoms with van der Waals surface area (Å²) in [5, 5.41) is 9.16. The minimum atomic E-state index is -4.42. The number of para-hydroxylation sites is 1. The molecule has 1 aromatic heterocycles. The van der Waals surface area contributed by atoms with E-state index in [1.165, 1.54) is 0 Å². The van der Waals surface area contributed by atoms with Crippen LogP contribution in [0.15, 0.2) is 18.2 Å². The lowest BCUT2D eigenvalue weighted by Crippen LogP contribution is -2.08. The van der Waals surface area contributed by atoms with Gasteiger partial charge in [-0.1, -0.05) is 25.1 Å². The maximum absolute atomic E-state index is 13.0. The molecule has 0 unspecified atom stereocenters. The number of nitriles is 1. The Hall–Kier alpha value is -1.96. The molecule has 0 bridgehead atoms. The highest BCUT2D eigenvalue weighted by Crippen LogP contribution is 2.37. The molecule has 0 saturated carbocycles. The van der Waals surface area contributed by atoms with Gasteiger partial charge in [0.15, 0.2) is 0 Å². The second-order valence-corrected chi connectivity index (χ2v) is 4.33. The number of aromatic nitrogens is 1. The van der Waals surface area contributed by atoms with Gasteiger partial charge < -0.3 is 4.98 Å². The Bertz CT molecular complexity index is 632. The predicted molar refractivity (Wildman–Crippen MR) is 66.6 cm³/mol. The Morgan fingerprint density at radius 3 is 2.63 bits per heavy atom. The summed E-state index contributed by atoms with van der Waals surface area (Å²) in [6.07, 6.45) is -3.58. The number of halogens is 3. The molecular formula is C14H13F3N2. The molecular weight excluding hydrogens is 253 g/mol. The number of nitrogens with zero attached hydrogens (tertiary/aromatic N) is 1. The van der Waals surface area contributed by atoms with E-state index in [0.717, 1.165) is 5.56 Å². The third kappa shape index (κ3) is 2.43. The van der Waals surface area contributed by atoms with Crippen molar-refractivity contribution in [1.82, 2.24) is 4.98 Å². The van der Waals surface area contributed by atoms with Gasteiger partial charge in [-0.2, -0.15) is 18.4 Å². The Balaban J connectivity index is 2.70. The van der Waals surface area contributed by atoms with Crippen LogP contribution in [-0.4, -0.2) is 4.98 Å². The van der Waals surface area contributed by atoms with Crippen LogP contribution in [0.5, 0.6) is 0 Å². The molecule has 2 aromatic rings. The normalized spacial score (nSPS) is 11.7. The highest BCUT2D eigenvalue weighted by atomic mass is 19.4. The van der Waals surface area contributed by atoms with Crippen molar-refractivity contribution >= 4 is 10.9 Å². The molecule has 1 N–H and O–H groups in total. The zero-order chi connectivity index (χ0) is 14.0. The molecule has 0 spiro atoms. The van der Waals surface area contributed by atoms with Crippen molar-refractivity contribution in [2.75, 3.05) is 0 Å². The average Bonchev–Trinajstić information content (AvgIpc) is 2.74. The van der Waals surface area contributed by atoms with Crippen LogP contribution in [0.25, 0.3) is 10.9 Å². The Kier molecular flexibility index (Phi) is 3.52. The molecule has 1 heterocycles. The first kappa shape index (κ1) is 13.5. The van der Waals surface area contributed by atoms with Gasteiger partial charge in [-0.3, -0.25) is 0 Å². The van der Waals surface area contributed by atoms with Gasteiger partial charge in [-0.15, -0.1) is 0 Å². The van der Waals surface area contributed by atoms with E-state index in [2.05, 4.69) is 4.98 Å². The smallest absolute Gasteiger partial charge is 0.351 e. The molecule has 0 aliphatic heterocycles. The lowest BCUT2D eigenvalue weighted by atomic mass is 10.0. The van der Waals surface area contributed by atoms with Gasteiger partial charge in [0, 0.05) is 17.3 Å². The lowest BCUT2D eigenvalue weighted by molar-refractivity contribution is -0.141. The van der Waals surface area contributed by atoms with Crippen molar-refractivity contribution in [2.24, 2.45) is 0 Å². The minimum absolute atomic E-state index is 0.0758. The zero-order valence-corrected chi connectivity index (χ0v) is 10.4. The Morgan fingerprint density at radius 1 is 1.32 bits per heavy atom. The predicted octanol–water partition coefficient (Wildman–Crippen LogP) is 4.21. The number of aryl methyl sites for hydroxylation is 2. The van der Waals surface area contributed by atoms with E-state index in [1.54, 1.807) is 12.1 Å². The van der Waals surface area contributed by atoms with E-state index < -0.39 is 11.9 Å². The second-order valence-electron chi connectivity index (χ2n) is 4.33. The largest absolute Gasteiger partial charge is 0.431 e. The number of benzene rings is 1. The molecule has 0 aliphatic rings. The third-order valence-corrected chi connectivity index (χ3v) is 3.18. The van der Waals surface area contributed by atoms with Crippen LogP contribution >= 0.6 is 0 Å². The topological polar surface area (TPSA) is 39.6 Å². The number of fused-ring (bicyclic) bond motifs is 1. The van der Waals surface area contributed by atoms with Gasteiger partial charge >= 0.3 is 6.18 Å². The summed E-state index contributed by atoms with van der Waals surface area (Å²) in [6.45, 7) is 1.90. The summed E-state index contributed by atoms with van der Waals surface area (Å²) in [7, 11) is 0. The fraction of sp³-hybridized carbons (Fsp3) is 0.357. The van der Waals surface area contributed by atoms with Crippen molar-refractivity contribution in [3.05, 3.63) is 35.0 Å². The van der Waals surface area contributed by atoms with Gasteiger partial charge in [-0.25, -0.2) is 0 Å². The number of rotatable bonds is 3. The molecule has 19 heavy (non-hydrogen) atoms. The quantitative estimate of drug-likeness (QED) is 0.888. The van der Waals surface area contributed by atoms with Gasteiger partial charge in [0.25, 0.3) is 0 Å². The van der Waals surface area contributed by atoms with Gasteiger partial charge in [-0.05, 0) is 24.0 Å². The molecule has 100 valence electrons. The van der Waals surface area contributed by atoms with Crippen LogP contribution in [0.2, 0.25) is 0 Å². The molecule has 0 aliphatic carbocycles. The van der Waals surface area contributed by atoms with Crippen LogP contribution in [0.4, 0.5) is 13.2 Å². The molecule has 5 heteroatoms. The van der Waals surface area contributed by atoms with Gasteiger partial charge in [0.2, 0.25) is 0 Å². The van der Waals surface area contributed by atoms with Crippen LogP contribution in [-0.2, 0) is 19.0 Å². The first-order valence-electron chi connectivity index (χ1n) is 6.05. The van der Waals surface area contributed by atoms with E-state index in [9.17, 15) is 13.2 Å². The molecule has 0 saturated heterocycles. The number of hydrogen-bond acceptors (Lipinski definition) is 1.